The lowest BCUT2D eigenvalue weighted by Gasteiger charge is -2.39. The van der Waals surface area contributed by atoms with E-state index in [0.29, 0.717) is 13.2 Å². The van der Waals surface area contributed by atoms with Crippen LogP contribution in [0.15, 0.2) is 24.3 Å². The van der Waals surface area contributed by atoms with Gasteiger partial charge in [-0.3, -0.25) is 4.79 Å². The normalized spacial score (nSPS) is 22.4. The van der Waals surface area contributed by atoms with Gasteiger partial charge in [-0.2, -0.15) is 0 Å². The molecule has 1 aromatic rings. The molecule has 2 atom stereocenters. The van der Waals surface area contributed by atoms with Crippen molar-refractivity contribution in [2.45, 2.75) is 25.7 Å². The van der Waals surface area contributed by atoms with E-state index in [4.69, 9.17) is 9.47 Å². The number of likely N-dealkylation sites (N-methyl/N-ethyl adjacent to an activating group) is 1. The quantitative estimate of drug-likeness (QED) is 0.883. The minimum absolute atomic E-state index is 0.191. The molecular weight excluding hydrogens is 274 g/mol. The van der Waals surface area contributed by atoms with Crippen LogP contribution in [0.1, 0.15) is 24.1 Å². The van der Waals surface area contributed by atoms with Crippen molar-refractivity contribution in [2.75, 3.05) is 20.3 Å². The Balaban J connectivity index is 2.33. The minimum atomic E-state index is -1.06. The standard InChI is InChI=1S/C15H19NO5/c1-3-16-12(17)9-21-14(15(18)19)13(16)11-6-4-10(5-7-11)8-20-2/h4-7,13-14H,3,8-9H2,1-2H3,(H,18,19). The lowest BCUT2D eigenvalue weighted by Crippen LogP contribution is -2.51. The second kappa shape index (κ2) is 6.69. The van der Waals surface area contributed by atoms with E-state index in [1.54, 1.807) is 12.0 Å². The average Bonchev–Trinajstić information content (AvgIpc) is 2.47. The van der Waals surface area contributed by atoms with Gasteiger partial charge >= 0.3 is 5.97 Å². The van der Waals surface area contributed by atoms with Crippen molar-refractivity contribution in [3.63, 3.8) is 0 Å². The largest absolute Gasteiger partial charge is 0.479 e. The van der Waals surface area contributed by atoms with Gasteiger partial charge in [-0.25, -0.2) is 4.79 Å². The lowest BCUT2D eigenvalue weighted by molar-refractivity contribution is -0.172. The molecule has 6 nitrogen and oxygen atoms in total. The highest BCUT2D eigenvalue weighted by Gasteiger charge is 2.41. The van der Waals surface area contributed by atoms with Crippen molar-refractivity contribution in [2.24, 2.45) is 0 Å². The fourth-order valence-electron chi connectivity index (χ4n) is 2.57. The van der Waals surface area contributed by atoms with Gasteiger partial charge in [0.15, 0.2) is 6.10 Å². The second-order valence-electron chi connectivity index (χ2n) is 4.87. The van der Waals surface area contributed by atoms with E-state index in [1.165, 1.54) is 0 Å². The molecule has 0 aliphatic carbocycles. The summed E-state index contributed by atoms with van der Waals surface area (Å²) < 4.78 is 10.3. The first-order chi connectivity index (χ1) is 10.1. The minimum Gasteiger partial charge on any atom is -0.479 e. The van der Waals surface area contributed by atoms with Gasteiger partial charge in [-0.05, 0) is 18.1 Å². The van der Waals surface area contributed by atoms with E-state index >= 15 is 0 Å². The average molecular weight is 293 g/mol. The maximum atomic E-state index is 11.9. The molecule has 0 bridgehead atoms. The fourth-order valence-corrected chi connectivity index (χ4v) is 2.57. The molecule has 1 amide bonds. The van der Waals surface area contributed by atoms with Crippen molar-refractivity contribution in [1.29, 1.82) is 0 Å². The Bertz CT molecular complexity index is 511. The smallest absolute Gasteiger partial charge is 0.335 e. The molecule has 1 aliphatic heterocycles. The highest BCUT2D eigenvalue weighted by Crippen LogP contribution is 2.30. The lowest BCUT2D eigenvalue weighted by atomic mass is 9.97. The van der Waals surface area contributed by atoms with Crippen LogP contribution in [0.4, 0.5) is 0 Å². The highest BCUT2D eigenvalue weighted by atomic mass is 16.5. The van der Waals surface area contributed by atoms with E-state index in [-0.39, 0.29) is 12.5 Å². The third-order valence-electron chi connectivity index (χ3n) is 3.55. The van der Waals surface area contributed by atoms with E-state index in [1.807, 2.05) is 31.2 Å². The number of amides is 1. The molecule has 0 aromatic heterocycles. The number of nitrogens with zero attached hydrogens (tertiary/aromatic N) is 1. The Morgan fingerprint density at radius 2 is 2.10 bits per heavy atom. The van der Waals surface area contributed by atoms with Gasteiger partial charge in [0.2, 0.25) is 5.91 Å². The highest BCUT2D eigenvalue weighted by molar-refractivity contribution is 5.82. The molecular formula is C15H19NO5. The molecule has 1 aliphatic rings. The molecule has 0 spiro atoms. The first-order valence-corrected chi connectivity index (χ1v) is 6.80. The van der Waals surface area contributed by atoms with Crippen LogP contribution < -0.4 is 0 Å². The number of ether oxygens (including phenoxy) is 2. The summed E-state index contributed by atoms with van der Waals surface area (Å²) in [5, 5.41) is 9.33. The zero-order valence-corrected chi connectivity index (χ0v) is 12.1. The van der Waals surface area contributed by atoms with Crippen LogP contribution in [0.3, 0.4) is 0 Å². The summed E-state index contributed by atoms with van der Waals surface area (Å²) in [7, 11) is 1.61. The molecule has 1 aromatic carbocycles. The number of rotatable bonds is 5. The summed E-state index contributed by atoms with van der Waals surface area (Å²) in [4.78, 5) is 24.9. The Kier molecular flexibility index (Phi) is 4.93. The number of carbonyl (C=O) groups is 2. The van der Waals surface area contributed by atoms with E-state index in [2.05, 4.69) is 0 Å². The topological polar surface area (TPSA) is 76.1 Å². The number of benzene rings is 1. The molecule has 0 radical (unpaired) electrons. The maximum Gasteiger partial charge on any atom is 0.335 e. The number of hydrogen-bond acceptors (Lipinski definition) is 4. The molecule has 1 fully saturated rings. The molecule has 6 heteroatoms. The number of methoxy groups -OCH3 is 1. The van der Waals surface area contributed by atoms with Gasteiger partial charge in [0.25, 0.3) is 0 Å². The third-order valence-corrected chi connectivity index (χ3v) is 3.55. The van der Waals surface area contributed by atoms with Crippen molar-refractivity contribution < 1.29 is 24.2 Å². The summed E-state index contributed by atoms with van der Waals surface area (Å²) in [6.45, 7) is 2.56. The number of carboxylic acids is 1. The predicted octanol–water partition coefficient (Wildman–Crippen LogP) is 1.21. The molecule has 114 valence electrons. The molecule has 0 saturated carbocycles. The Morgan fingerprint density at radius 3 is 2.62 bits per heavy atom. The molecule has 21 heavy (non-hydrogen) atoms. The molecule has 2 unspecified atom stereocenters. The Morgan fingerprint density at radius 1 is 1.43 bits per heavy atom. The summed E-state index contributed by atoms with van der Waals surface area (Å²) >= 11 is 0. The van der Waals surface area contributed by atoms with Crippen molar-refractivity contribution in [1.82, 2.24) is 4.90 Å². The number of hydrogen-bond donors (Lipinski definition) is 1. The second-order valence-corrected chi connectivity index (χ2v) is 4.87. The zero-order valence-electron chi connectivity index (χ0n) is 12.1. The van der Waals surface area contributed by atoms with Crippen LogP contribution in [-0.2, 0) is 25.7 Å². The number of carbonyl (C=O) groups excluding carboxylic acids is 1. The summed E-state index contributed by atoms with van der Waals surface area (Å²) in [6, 6.07) is 6.76. The number of carboxylic acid groups (broad SMARTS) is 1. The van der Waals surface area contributed by atoms with Crippen molar-refractivity contribution in [3.05, 3.63) is 35.4 Å². The van der Waals surface area contributed by atoms with E-state index in [0.717, 1.165) is 11.1 Å². The summed E-state index contributed by atoms with van der Waals surface area (Å²) in [5.74, 6) is -1.26. The molecule has 2 rings (SSSR count). The van der Waals surface area contributed by atoms with Crippen LogP contribution in [0.25, 0.3) is 0 Å². The van der Waals surface area contributed by atoms with Crippen LogP contribution in [0.5, 0.6) is 0 Å². The first kappa shape index (κ1) is 15.5. The molecule has 1 heterocycles. The summed E-state index contributed by atoms with van der Waals surface area (Å²) in [6.07, 6.45) is -1.05. The number of morpholine rings is 1. The predicted molar refractivity (Wildman–Crippen MR) is 74.7 cm³/mol. The van der Waals surface area contributed by atoms with Crippen LogP contribution >= 0.6 is 0 Å². The van der Waals surface area contributed by atoms with Gasteiger partial charge < -0.3 is 19.5 Å². The van der Waals surface area contributed by atoms with E-state index in [9.17, 15) is 14.7 Å². The Labute approximate surface area is 123 Å². The first-order valence-electron chi connectivity index (χ1n) is 6.80. The molecule has 1 saturated heterocycles. The molecule has 1 N–H and O–H groups in total. The third kappa shape index (κ3) is 3.22. The van der Waals surface area contributed by atoms with E-state index < -0.39 is 18.1 Å². The maximum absolute atomic E-state index is 11.9. The monoisotopic (exact) mass is 293 g/mol. The van der Waals surface area contributed by atoms with Crippen molar-refractivity contribution in [3.8, 4) is 0 Å². The van der Waals surface area contributed by atoms with Gasteiger partial charge in [-0.1, -0.05) is 24.3 Å². The van der Waals surface area contributed by atoms with Crippen molar-refractivity contribution >= 4 is 11.9 Å². The SMILES string of the molecule is CCN1C(=O)COC(C(=O)O)C1c1ccc(COC)cc1. The summed E-state index contributed by atoms with van der Waals surface area (Å²) in [5.41, 5.74) is 1.73. The van der Waals surface area contributed by atoms with Crippen LogP contribution in [0, 0.1) is 0 Å². The van der Waals surface area contributed by atoms with Gasteiger partial charge in [-0.15, -0.1) is 0 Å². The number of aliphatic carboxylic acids is 1. The zero-order chi connectivity index (χ0) is 15.4. The van der Waals surface area contributed by atoms with Crippen LogP contribution in [0.2, 0.25) is 0 Å². The fraction of sp³-hybridized carbons (Fsp3) is 0.467. The van der Waals surface area contributed by atoms with Gasteiger partial charge in [0.1, 0.15) is 6.61 Å². The Hall–Kier alpha value is -1.92. The van der Waals surface area contributed by atoms with Crippen LogP contribution in [-0.4, -0.2) is 48.2 Å². The van der Waals surface area contributed by atoms with Gasteiger partial charge in [0, 0.05) is 13.7 Å². The van der Waals surface area contributed by atoms with Gasteiger partial charge in [0.05, 0.1) is 12.6 Å².